The van der Waals surface area contributed by atoms with Crippen molar-refractivity contribution >= 4 is 11.9 Å². The Morgan fingerprint density at radius 1 is 1.07 bits per heavy atom. The lowest BCUT2D eigenvalue weighted by atomic mass is 9.75. The normalized spacial score (nSPS) is 21.6. The fourth-order valence-corrected chi connectivity index (χ4v) is 4.98. The van der Waals surface area contributed by atoms with Gasteiger partial charge in [0.25, 0.3) is 0 Å². The Kier molecular flexibility index (Phi) is 5.41. The number of carboxylic acids is 1. The number of carboxylic acid groups (broad SMARTS) is 1. The summed E-state index contributed by atoms with van der Waals surface area (Å²) in [5, 5.41) is 9.41. The third-order valence-electron chi connectivity index (χ3n) is 6.72. The number of piperidine rings is 1. The molecule has 2 aliphatic rings. The topological polar surface area (TPSA) is 60.9 Å². The van der Waals surface area contributed by atoms with E-state index >= 15 is 0 Å². The maximum absolute atomic E-state index is 13.1. The van der Waals surface area contributed by atoms with E-state index in [1.54, 1.807) is 12.1 Å². The van der Waals surface area contributed by atoms with Crippen molar-refractivity contribution in [1.82, 2.24) is 9.80 Å². The molecule has 1 spiro atoms. The third-order valence-corrected chi connectivity index (χ3v) is 6.72. The zero-order valence-electron chi connectivity index (χ0n) is 16.9. The van der Waals surface area contributed by atoms with Crippen LogP contribution in [0.5, 0.6) is 0 Å². The molecule has 0 aromatic heterocycles. The van der Waals surface area contributed by atoms with Gasteiger partial charge in [0.2, 0.25) is 5.91 Å². The highest BCUT2D eigenvalue weighted by atomic mass is 16.4. The molecule has 0 unspecified atom stereocenters. The van der Waals surface area contributed by atoms with Crippen LogP contribution in [0.15, 0.2) is 54.6 Å². The van der Waals surface area contributed by atoms with Crippen molar-refractivity contribution in [2.24, 2.45) is 5.41 Å². The quantitative estimate of drug-likeness (QED) is 0.847. The van der Waals surface area contributed by atoms with E-state index in [-0.39, 0.29) is 17.4 Å². The molecule has 2 saturated heterocycles. The Balaban J connectivity index is 1.41. The van der Waals surface area contributed by atoms with Crippen molar-refractivity contribution < 1.29 is 14.7 Å². The van der Waals surface area contributed by atoms with Gasteiger partial charge in [0, 0.05) is 19.6 Å². The van der Waals surface area contributed by atoms with Gasteiger partial charge in [0.1, 0.15) is 0 Å². The summed E-state index contributed by atoms with van der Waals surface area (Å²) < 4.78 is 0. The molecule has 4 rings (SSSR count). The summed E-state index contributed by atoms with van der Waals surface area (Å²) in [4.78, 5) is 28.8. The van der Waals surface area contributed by atoms with Crippen LogP contribution in [0.4, 0.5) is 0 Å². The number of carbonyl (C=O) groups is 2. The summed E-state index contributed by atoms with van der Waals surface area (Å²) in [6, 6.07) is 17.8. The van der Waals surface area contributed by atoms with E-state index < -0.39 is 5.97 Å². The van der Waals surface area contributed by atoms with Gasteiger partial charge in [-0.15, -0.1) is 0 Å². The van der Waals surface area contributed by atoms with Crippen LogP contribution in [0, 0.1) is 5.41 Å². The van der Waals surface area contributed by atoms with Crippen LogP contribution in [0.1, 0.15) is 40.7 Å². The number of likely N-dealkylation sites (N-methyl/N-ethyl adjacent to an activating group) is 1. The molecule has 5 heteroatoms. The van der Waals surface area contributed by atoms with Gasteiger partial charge in [-0.1, -0.05) is 48.5 Å². The van der Waals surface area contributed by atoms with E-state index in [4.69, 9.17) is 0 Å². The number of rotatable bonds is 5. The minimum Gasteiger partial charge on any atom is -0.478 e. The summed E-state index contributed by atoms with van der Waals surface area (Å²) in [5.41, 5.74) is 2.23. The molecule has 2 fully saturated rings. The van der Waals surface area contributed by atoms with Gasteiger partial charge in [0.15, 0.2) is 0 Å². The number of hydrogen-bond donors (Lipinski definition) is 1. The predicted molar refractivity (Wildman–Crippen MR) is 112 cm³/mol. The van der Waals surface area contributed by atoms with Gasteiger partial charge in [-0.05, 0) is 56.0 Å². The Hall–Kier alpha value is -2.66. The lowest BCUT2D eigenvalue weighted by Gasteiger charge is -2.38. The molecule has 29 heavy (non-hydrogen) atoms. The van der Waals surface area contributed by atoms with Crippen LogP contribution in [0.25, 0.3) is 0 Å². The Morgan fingerprint density at radius 2 is 1.72 bits per heavy atom. The highest BCUT2D eigenvalue weighted by molar-refractivity contribution is 5.89. The monoisotopic (exact) mass is 392 g/mol. The lowest BCUT2D eigenvalue weighted by Crippen LogP contribution is -2.44. The summed E-state index contributed by atoms with van der Waals surface area (Å²) in [5.74, 6) is -0.602. The molecule has 5 nitrogen and oxygen atoms in total. The molecule has 2 aromatic carbocycles. The number of aromatic carboxylic acids is 1. The first-order chi connectivity index (χ1) is 14.0. The molecule has 0 bridgehead atoms. The van der Waals surface area contributed by atoms with E-state index in [0.29, 0.717) is 12.1 Å². The van der Waals surface area contributed by atoms with Crippen LogP contribution >= 0.6 is 0 Å². The van der Waals surface area contributed by atoms with Gasteiger partial charge < -0.3 is 10.0 Å². The smallest absolute Gasteiger partial charge is 0.336 e. The molecule has 2 aromatic rings. The van der Waals surface area contributed by atoms with Crippen LogP contribution < -0.4 is 0 Å². The number of likely N-dealkylation sites (tertiary alicyclic amines) is 2. The van der Waals surface area contributed by atoms with E-state index in [1.165, 1.54) is 5.56 Å². The van der Waals surface area contributed by atoms with Gasteiger partial charge in [0.05, 0.1) is 11.0 Å². The highest BCUT2D eigenvalue weighted by Crippen LogP contribution is 2.44. The maximum Gasteiger partial charge on any atom is 0.336 e. The summed E-state index contributed by atoms with van der Waals surface area (Å²) in [6.07, 6.45) is 3.50. The molecule has 1 N–H and O–H groups in total. The predicted octanol–water partition coefficient (Wildman–Crippen LogP) is 3.44. The van der Waals surface area contributed by atoms with Crippen LogP contribution in [-0.2, 0) is 17.8 Å². The first kappa shape index (κ1) is 19.6. The van der Waals surface area contributed by atoms with Crippen molar-refractivity contribution in [3.05, 3.63) is 71.3 Å². The zero-order valence-corrected chi connectivity index (χ0v) is 16.9. The van der Waals surface area contributed by atoms with Crippen LogP contribution in [0.3, 0.4) is 0 Å². The largest absolute Gasteiger partial charge is 0.478 e. The Labute approximate surface area is 171 Å². The highest BCUT2D eigenvalue weighted by Gasteiger charge is 2.51. The number of benzene rings is 2. The lowest BCUT2D eigenvalue weighted by molar-refractivity contribution is -0.137. The number of hydrogen-bond acceptors (Lipinski definition) is 3. The Bertz CT molecular complexity index is 888. The van der Waals surface area contributed by atoms with Gasteiger partial charge in [-0.2, -0.15) is 0 Å². The summed E-state index contributed by atoms with van der Waals surface area (Å²) in [7, 11) is 1.94. The fraction of sp³-hybridized carbons (Fsp3) is 0.417. The second-order valence-corrected chi connectivity index (χ2v) is 8.48. The molecule has 2 heterocycles. The number of carbonyl (C=O) groups excluding carboxylic acids is 1. The standard InChI is InChI=1S/C24H28N2O3/c1-25-20(15-18-7-3-2-4-8-18)16-24(23(25)29)11-13-26(14-12-24)17-19-9-5-6-10-21(19)22(27)28/h2-10,20H,11-17H2,1H3,(H,27,28)/t20-/m0/s1. The molecule has 0 radical (unpaired) electrons. The fourth-order valence-electron chi connectivity index (χ4n) is 4.98. The van der Waals surface area contributed by atoms with Crippen molar-refractivity contribution in [3.63, 3.8) is 0 Å². The molecule has 0 aliphatic carbocycles. The van der Waals surface area contributed by atoms with Crippen LogP contribution in [0.2, 0.25) is 0 Å². The maximum atomic E-state index is 13.1. The second kappa shape index (κ2) is 7.99. The molecular formula is C24H28N2O3. The number of amides is 1. The summed E-state index contributed by atoms with van der Waals surface area (Å²) in [6.45, 7) is 2.27. The van der Waals surface area contributed by atoms with Crippen molar-refractivity contribution in [1.29, 1.82) is 0 Å². The first-order valence-corrected chi connectivity index (χ1v) is 10.3. The van der Waals surface area contributed by atoms with Crippen molar-refractivity contribution in [3.8, 4) is 0 Å². The Morgan fingerprint density at radius 3 is 2.41 bits per heavy atom. The number of nitrogens with zero attached hydrogens (tertiary/aromatic N) is 2. The average Bonchev–Trinajstić information content (AvgIpc) is 2.95. The van der Waals surface area contributed by atoms with Crippen molar-refractivity contribution in [2.75, 3.05) is 20.1 Å². The molecule has 1 atom stereocenters. The van der Waals surface area contributed by atoms with Gasteiger partial charge in [-0.3, -0.25) is 9.69 Å². The second-order valence-electron chi connectivity index (χ2n) is 8.48. The summed E-state index contributed by atoms with van der Waals surface area (Å²) >= 11 is 0. The molecule has 2 aliphatic heterocycles. The van der Waals surface area contributed by atoms with Crippen LogP contribution in [-0.4, -0.2) is 53.0 Å². The molecule has 1 amide bonds. The van der Waals surface area contributed by atoms with Crippen molar-refractivity contribution in [2.45, 2.75) is 38.3 Å². The molecule has 0 saturated carbocycles. The van der Waals surface area contributed by atoms with E-state index in [9.17, 15) is 14.7 Å². The van der Waals surface area contributed by atoms with Gasteiger partial charge >= 0.3 is 5.97 Å². The van der Waals surface area contributed by atoms with E-state index in [0.717, 1.165) is 44.3 Å². The third kappa shape index (κ3) is 3.92. The van der Waals surface area contributed by atoms with E-state index in [2.05, 4.69) is 29.2 Å². The molecule has 152 valence electrons. The van der Waals surface area contributed by atoms with Gasteiger partial charge in [-0.25, -0.2) is 4.79 Å². The minimum atomic E-state index is -0.884. The molecular weight excluding hydrogens is 364 g/mol. The minimum absolute atomic E-state index is 0.253. The SMILES string of the molecule is CN1C(=O)C2(CCN(Cc3ccccc3C(=O)O)CC2)C[C@@H]1Cc1ccccc1. The average molecular weight is 392 g/mol. The zero-order chi connectivity index (χ0) is 20.4. The van der Waals surface area contributed by atoms with E-state index in [1.807, 2.05) is 30.1 Å². The first-order valence-electron chi connectivity index (χ1n) is 10.3.